The number of fused-ring (bicyclic) bond motifs is 3. The molecule has 0 radical (unpaired) electrons. The molecule has 0 unspecified atom stereocenters. The Hall–Kier alpha value is -3.53. The van der Waals surface area contributed by atoms with E-state index < -0.39 is 42.3 Å². The van der Waals surface area contributed by atoms with Gasteiger partial charge in [0.25, 0.3) is 0 Å². The minimum Gasteiger partial charge on any atom is -0.488 e. The SMILES string of the molecule is Cc1nc(C)c2ccn([C@@H]3O[C@@H]4[C@@H](Oc5ccc6cc(Br)c(N)nc6c5)CC[C@]4(O)[C@H]3O)c2n1.O=C(O)C(F)(F)F. The molecular formula is C26H25BrF3N5O6. The third-order valence-electron chi connectivity index (χ3n) is 7.18. The molecule has 1 aromatic carbocycles. The molecule has 218 valence electrons. The van der Waals surface area contributed by atoms with Crippen molar-refractivity contribution in [3.63, 3.8) is 0 Å². The van der Waals surface area contributed by atoms with Crippen molar-refractivity contribution in [2.24, 2.45) is 0 Å². The van der Waals surface area contributed by atoms with Crippen molar-refractivity contribution < 1.29 is 42.8 Å². The molecule has 5 atom stereocenters. The highest BCUT2D eigenvalue weighted by Gasteiger charge is 2.62. The van der Waals surface area contributed by atoms with Gasteiger partial charge in [-0.2, -0.15) is 13.2 Å². The maximum absolute atomic E-state index is 11.4. The van der Waals surface area contributed by atoms with Crippen LogP contribution in [0.3, 0.4) is 0 Å². The molecule has 4 heterocycles. The number of anilines is 1. The number of hydrogen-bond acceptors (Lipinski definition) is 9. The van der Waals surface area contributed by atoms with Gasteiger partial charge in [-0.05, 0) is 66.9 Å². The van der Waals surface area contributed by atoms with E-state index in [4.69, 9.17) is 25.1 Å². The third-order valence-corrected chi connectivity index (χ3v) is 7.81. The number of rotatable bonds is 3. The molecule has 2 fully saturated rings. The number of carboxylic acid groups (broad SMARTS) is 1. The monoisotopic (exact) mass is 639 g/mol. The molecule has 0 bridgehead atoms. The molecule has 5 N–H and O–H groups in total. The molecule has 6 rings (SSSR count). The van der Waals surface area contributed by atoms with Gasteiger partial charge in [-0.1, -0.05) is 0 Å². The van der Waals surface area contributed by atoms with E-state index in [9.17, 15) is 23.4 Å². The molecule has 15 heteroatoms. The molecule has 4 aromatic rings. The lowest BCUT2D eigenvalue weighted by molar-refractivity contribution is -0.192. The van der Waals surface area contributed by atoms with Crippen molar-refractivity contribution in [2.45, 2.75) is 63.0 Å². The van der Waals surface area contributed by atoms with Crippen LogP contribution in [0.25, 0.3) is 21.9 Å². The Kier molecular flexibility index (Phi) is 7.34. The number of ether oxygens (including phenoxy) is 2. The summed E-state index contributed by atoms with van der Waals surface area (Å²) in [5, 5.41) is 31.5. The number of aliphatic hydroxyl groups is 2. The Morgan fingerprint density at radius 3 is 2.61 bits per heavy atom. The van der Waals surface area contributed by atoms with Crippen molar-refractivity contribution in [2.75, 3.05) is 5.73 Å². The first-order valence-corrected chi connectivity index (χ1v) is 13.2. The molecule has 11 nitrogen and oxygen atoms in total. The summed E-state index contributed by atoms with van der Waals surface area (Å²) >= 11 is 3.40. The van der Waals surface area contributed by atoms with Gasteiger partial charge in [0.05, 0.1) is 15.7 Å². The van der Waals surface area contributed by atoms with Crippen LogP contribution in [0.1, 0.15) is 30.6 Å². The summed E-state index contributed by atoms with van der Waals surface area (Å²) in [6, 6.07) is 9.39. The third kappa shape index (κ3) is 5.29. The van der Waals surface area contributed by atoms with Crippen LogP contribution < -0.4 is 10.5 Å². The Bertz CT molecular complexity index is 1650. The summed E-state index contributed by atoms with van der Waals surface area (Å²) in [5.74, 6) is -1.12. The number of nitrogens with two attached hydrogens (primary N) is 1. The summed E-state index contributed by atoms with van der Waals surface area (Å²) < 4.78 is 46.8. The maximum Gasteiger partial charge on any atom is 0.490 e. The number of halogens is 4. The van der Waals surface area contributed by atoms with E-state index in [1.807, 2.05) is 50.4 Å². The zero-order chi connectivity index (χ0) is 29.9. The summed E-state index contributed by atoms with van der Waals surface area (Å²) in [6.45, 7) is 3.75. The van der Waals surface area contributed by atoms with Gasteiger partial charge in [0.1, 0.15) is 47.0 Å². The lowest BCUT2D eigenvalue weighted by Crippen LogP contribution is -2.47. The Balaban J connectivity index is 0.000000431. The molecular weight excluding hydrogens is 615 g/mol. The molecule has 1 aliphatic carbocycles. The van der Waals surface area contributed by atoms with Crippen LogP contribution in [-0.2, 0) is 9.53 Å². The first-order valence-electron chi connectivity index (χ1n) is 12.4. The van der Waals surface area contributed by atoms with Crippen molar-refractivity contribution in [1.82, 2.24) is 19.5 Å². The highest BCUT2D eigenvalue weighted by Crippen LogP contribution is 2.48. The topological polar surface area (TPSA) is 166 Å². The van der Waals surface area contributed by atoms with Crippen LogP contribution in [0.5, 0.6) is 5.75 Å². The van der Waals surface area contributed by atoms with E-state index in [1.54, 1.807) is 4.57 Å². The Labute approximate surface area is 238 Å². The van der Waals surface area contributed by atoms with Gasteiger partial charge < -0.3 is 35.1 Å². The van der Waals surface area contributed by atoms with Crippen LogP contribution in [0, 0.1) is 13.8 Å². The number of aromatic nitrogens is 4. The number of hydrogen-bond donors (Lipinski definition) is 4. The molecule has 1 saturated heterocycles. The fourth-order valence-electron chi connectivity index (χ4n) is 5.23. The molecule has 0 amide bonds. The van der Waals surface area contributed by atoms with Crippen LogP contribution >= 0.6 is 15.9 Å². The second-order valence-electron chi connectivity index (χ2n) is 9.91. The second-order valence-corrected chi connectivity index (χ2v) is 10.8. The zero-order valence-corrected chi connectivity index (χ0v) is 23.2. The first-order chi connectivity index (χ1) is 19.2. The van der Waals surface area contributed by atoms with E-state index in [0.717, 1.165) is 20.9 Å². The van der Waals surface area contributed by atoms with Crippen LogP contribution in [0.2, 0.25) is 0 Å². The summed E-state index contributed by atoms with van der Waals surface area (Å²) in [5.41, 5.74) is 6.74. The van der Waals surface area contributed by atoms with Gasteiger partial charge in [0, 0.05) is 23.0 Å². The second kappa shape index (κ2) is 10.4. The quantitative estimate of drug-likeness (QED) is 0.259. The average molecular weight is 640 g/mol. The maximum atomic E-state index is 11.4. The number of pyridine rings is 1. The van der Waals surface area contributed by atoms with E-state index in [1.165, 1.54) is 0 Å². The van der Waals surface area contributed by atoms with Crippen molar-refractivity contribution >= 4 is 49.7 Å². The molecule has 3 aromatic heterocycles. The molecule has 41 heavy (non-hydrogen) atoms. The highest BCUT2D eigenvalue weighted by atomic mass is 79.9. The molecule has 1 saturated carbocycles. The fourth-order valence-corrected chi connectivity index (χ4v) is 5.57. The summed E-state index contributed by atoms with van der Waals surface area (Å²) in [4.78, 5) is 22.3. The minimum atomic E-state index is -5.08. The van der Waals surface area contributed by atoms with Crippen molar-refractivity contribution in [3.05, 3.63) is 52.5 Å². The van der Waals surface area contributed by atoms with Gasteiger partial charge in [-0.25, -0.2) is 19.7 Å². The standard InChI is InChI=1S/C24H24BrN5O4.C2HF3O2/c1-11-15-6-8-30(22(15)28-12(2)27-11)23-19(31)24(32)7-5-18(20(24)34-23)33-14-4-3-13-9-16(25)21(26)29-17(13)10-14;3-2(4,5)1(6)7/h3-4,6,8-10,18-20,23,31-32H,5,7H2,1-2H3,(H2,26,29);(H,6,7)/t18-,19-,20+,23+,24-;/m0./s1. The van der Waals surface area contributed by atoms with Crippen molar-refractivity contribution in [1.29, 1.82) is 0 Å². The normalized spacial score (nSPS) is 25.7. The molecule has 2 aliphatic rings. The van der Waals surface area contributed by atoms with Gasteiger partial charge in [0.15, 0.2) is 6.23 Å². The number of carboxylic acids is 1. The van der Waals surface area contributed by atoms with Crippen LogP contribution in [-0.4, -0.2) is 70.9 Å². The lowest BCUT2D eigenvalue weighted by Gasteiger charge is -2.26. The van der Waals surface area contributed by atoms with Gasteiger partial charge in [-0.3, -0.25) is 0 Å². The zero-order valence-electron chi connectivity index (χ0n) is 21.6. The number of carbonyl (C=O) groups is 1. The summed E-state index contributed by atoms with van der Waals surface area (Å²) in [6.07, 6.45) is -5.42. The van der Waals surface area contributed by atoms with Crippen molar-refractivity contribution in [3.8, 4) is 5.75 Å². The van der Waals surface area contributed by atoms with Gasteiger partial charge in [0.2, 0.25) is 0 Å². The van der Waals surface area contributed by atoms with Crippen LogP contribution in [0.4, 0.5) is 19.0 Å². The fraction of sp³-hybridized carbons (Fsp3) is 0.385. The lowest BCUT2D eigenvalue weighted by atomic mass is 9.94. The van der Waals surface area contributed by atoms with E-state index in [-0.39, 0.29) is 0 Å². The number of benzene rings is 1. The average Bonchev–Trinajstić information content (AvgIpc) is 3.52. The predicted octanol–water partition coefficient (Wildman–Crippen LogP) is 3.81. The largest absolute Gasteiger partial charge is 0.490 e. The molecule has 1 aliphatic heterocycles. The number of nitrogens with zero attached hydrogens (tertiary/aromatic N) is 4. The van der Waals surface area contributed by atoms with Crippen LogP contribution in [0.15, 0.2) is 41.0 Å². The number of aliphatic hydroxyl groups excluding tert-OH is 1. The van der Waals surface area contributed by atoms with E-state index >= 15 is 0 Å². The highest BCUT2D eigenvalue weighted by molar-refractivity contribution is 9.10. The minimum absolute atomic E-state index is 0.359. The Morgan fingerprint density at radius 1 is 1.22 bits per heavy atom. The summed E-state index contributed by atoms with van der Waals surface area (Å²) in [7, 11) is 0. The van der Waals surface area contributed by atoms with Gasteiger partial charge in [-0.15, -0.1) is 0 Å². The number of aliphatic carboxylic acids is 1. The van der Waals surface area contributed by atoms with E-state index in [0.29, 0.717) is 41.4 Å². The number of alkyl halides is 3. The first kappa shape index (κ1) is 29.0. The predicted molar refractivity (Wildman–Crippen MR) is 143 cm³/mol. The number of aryl methyl sites for hydroxylation is 2. The number of nitrogen functional groups attached to an aromatic ring is 1. The smallest absolute Gasteiger partial charge is 0.488 e. The molecule has 0 spiro atoms. The van der Waals surface area contributed by atoms with Gasteiger partial charge >= 0.3 is 12.1 Å². The van der Waals surface area contributed by atoms with E-state index in [2.05, 4.69) is 30.9 Å². The Morgan fingerprint density at radius 2 is 1.93 bits per heavy atom.